The molecule has 1 saturated heterocycles. The van der Waals surface area contributed by atoms with E-state index in [0.717, 1.165) is 19.6 Å². The van der Waals surface area contributed by atoms with Gasteiger partial charge in [-0.15, -0.1) is 11.3 Å². The summed E-state index contributed by atoms with van der Waals surface area (Å²) in [5.41, 5.74) is 0. The molecule has 21 heavy (non-hydrogen) atoms. The molecule has 0 bridgehead atoms. The van der Waals surface area contributed by atoms with Crippen LogP contribution >= 0.6 is 11.3 Å². The van der Waals surface area contributed by atoms with Crippen LogP contribution < -0.4 is 5.32 Å². The Kier molecular flexibility index (Phi) is 6.04. The predicted molar refractivity (Wildman–Crippen MR) is 79.5 cm³/mol. The van der Waals surface area contributed by atoms with Crippen molar-refractivity contribution in [2.24, 2.45) is 0 Å². The van der Waals surface area contributed by atoms with Gasteiger partial charge in [0.2, 0.25) is 0 Å². The summed E-state index contributed by atoms with van der Waals surface area (Å²) in [6.45, 7) is 6.38. The standard InChI is InChI=1S/C14H22F3N3S/c1-2-18-9-12-3-4-13(21-12)10-19-5-7-20(8-6-19)11-14(15,16)17/h3-4,18H,2,5-11H2,1H3. The molecule has 2 heterocycles. The van der Waals surface area contributed by atoms with Crippen LogP contribution in [-0.2, 0) is 13.1 Å². The van der Waals surface area contributed by atoms with Crippen molar-refractivity contribution in [3.63, 3.8) is 0 Å². The van der Waals surface area contributed by atoms with Crippen LogP contribution in [-0.4, -0.2) is 55.2 Å². The van der Waals surface area contributed by atoms with Crippen molar-refractivity contribution >= 4 is 11.3 Å². The highest BCUT2D eigenvalue weighted by molar-refractivity contribution is 7.11. The minimum Gasteiger partial charge on any atom is -0.312 e. The molecule has 1 N–H and O–H groups in total. The lowest BCUT2D eigenvalue weighted by Crippen LogP contribution is -2.48. The molecule has 1 fully saturated rings. The van der Waals surface area contributed by atoms with Gasteiger partial charge in [-0.1, -0.05) is 6.92 Å². The van der Waals surface area contributed by atoms with Crippen LogP contribution in [0.25, 0.3) is 0 Å². The van der Waals surface area contributed by atoms with Crippen LogP contribution in [0.5, 0.6) is 0 Å². The molecular formula is C14H22F3N3S. The first-order chi connectivity index (χ1) is 9.96. The summed E-state index contributed by atoms with van der Waals surface area (Å²) in [5, 5.41) is 3.29. The van der Waals surface area contributed by atoms with Gasteiger partial charge in [0, 0.05) is 49.0 Å². The Balaban J connectivity index is 1.74. The Morgan fingerprint density at radius 2 is 1.71 bits per heavy atom. The number of rotatable bonds is 6. The summed E-state index contributed by atoms with van der Waals surface area (Å²) >= 11 is 1.78. The second-order valence-corrected chi connectivity index (χ2v) is 6.57. The molecule has 0 radical (unpaired) electrons. The molecule has 1 aromatic heterocycles. The predicted octanol–water partition coefficient (Wildman–Crippen LogP) is 2.54. The van der Waals surface area contributed by atoms with E-state index in [1.165, 1.54) is 14.7 Å². The summed E-state index contributed by atoms with van der Waals surface area (Å²) in [7, 11) is 0. The minimum atomic E-state index is -4.09. The maximum atomic E-state index is 12.3. The highest BCUT2D eigenvalue weighted by Gasteiger charge is 2.32. The number of nitrogens with zero attached hydrogens (tertiary/aromatic N) is 2. The Bertz CT molecular complexity index is 425. The molecule has 120 valence electrons. The minimum absolute atomic E-state index is 0.495. The highest BCUT2D eigenvalue weighted by Crippen LogP contribution is 2.20. The van der Waals surface area contributed by atoms with E-state index in [-0.39, 0.29) is 0 Å². The van der Waals surface area contributed by atoms with Crippen LogP contribution in [0.15, 0.2) is 12.1 Å². The summed E-state index contributed by atoms with van der Waals surface area (Å²) in [6, 6.07) is 4.25. The van der Waals surface area contributed by atoms with Gasteiger partial charge in [0.1, 0.15) is 0 Å². The van der Waals surface area contributed by atoms with Crippen LogP contribution in [0.1, 0.15) is 16.7 Å². The maximum Gasteiger partial charge on any atom is 0.401 e. The van der Waals surface area contributed by atoms with E-state index < -0.39 is 12.7 Å². The monoisotopic (exact) mass is 321 g/mol. The smallest absolute Gasteiger partial charge is 0.312 e. The van der Waals surface area contributed by atoms with E-state index in [1.54, 1.807) is 11.3 Å². The van der Waals surface area contributed by atoms with E-state index in [4.69, 9.17) is 0 Å². The van der Waals surface area contributed by atoms with Crippen molar-refractivity contribution in [2.45, 2.75) is 26.2 Å². The Morgan fingerprint density at radius 1 is 1.10 bits per heavy atom. The number of alkyl halides is 3. The molecule has 1 aromatic rings. The van der Waals surface area contributed by atoms with Gasteiger partial charge >= 0.3 is 6.18 Å². The largest absolute Gasteiger partial charge is 0.401 e. The molecule has 0 aromatic carbocycles. The fraction of sp³-hybridized carbons (Fsp3) is 0.714. The first kappa shape index (κ1) is 16.7. The third-order valence-corrected chi connectivity index (χ3v) is 4.58. The van der Waals surface area contributed by atoms with Crippen molar-refractivity contribution in [3.05, 3.63) is 21.9 Å². The van der Waals surface area contributed by atoms with Gasteiger partial charge in [0.05, 0.1) is 6.54 Å². The summed E-state index contributed by atoms with van der Waals surface area (Å²) in [5.74, 6) is 0. The molecule has 0 amide bonds. The second kappa shape index (κ2) is 7.58. The normalized spacial score (nSPS) is 18.3. The Labute approximate surface area is 127 Å². The van der Waals surface area contributed by atoms with Crippen LogP contribution in [0.4, 0.5) is 13.2 Å². The van der Waals surface area contributed by atoms with Gasteiger partial charge in [-0.3, -0.25) is 9.80 Å². The zero-order chi connectivity index (χ0) is 15.3. The lowest BCUT2D eigenvalue weighted by molar-refractivity contribution is -0.149. The molecular weight excluding hydrogens is 299 g/mol. The van der Waals surface area contributed by atoms with E-state index in [9.17, 15) is 13.2 Å². The van der Waals surface area contributed by atoms with E-state index in [0.29, 0.717) is 26.2 Å². The molecule has 0 saturated carbocycles. The molecule has 2 rings (SSSR count). The molecule has 0 unspecified atom stereocenters. The molecule has 1 aliphatic heterocycles. The number of piperazine rings is 1. The maximum absolute atomic E-state index is 12.3. The summed E-state index contributed by atoms with van der Waals surface area (Å²) in [4.78, 5) is 6.31. The number of thiophene rings is 1. The quantitative estimate of drug-likeness (QED) is 0.869. The highest BCUT2D eigenvalue weighted by atomic mass is 32.1. The van der Waals surface area contributed by atoms with Gasteiger partial charge < -0.3 is 5.32 Å². The van der Waals surface area contributed by atoms with Crippen LogP contribution in [0, 0.1) is 0 Å². The fourth-order valence-electron chi connectivity index (χ4n) is 2.43. The average molecular weight is 321 g/mol. The first-order valence-corrected chi connectivity index (χ1v) is 8.07. The lowest BCUT2D eigenvalue weighted by atomic mass is 10.3. The topological polar surface area (TPSA) is 18.5 Å². The second-order valence-electron chi connectivity index (χ2n) is 5.32. The average Bonchev–Trinajstić information content (AvgIpc) is 2.85. The molecule has 1 aliphatic rings. The van der Waals surface area contributed by atoms with E-state index in [2.05, 4.69) is 29.3 Å². The molecule has 7 heteroatoms. The van der Waals surface area contributed by atoms with Crippen molar-refractivity contribution in [3.8, 4) is 0 Å². The fourth-order valence-corrected chi connectivity index (χ4v) is 3.46. The number of nitrogens with one attached hydrogen (secondary N) is 1. The number of hydrogen-bond donors (Lipinski definition) is 1. The summed E-state index contributed by atoms with van der Waals surface area (Å²) < 4.78 is 37.0. The van der Waals surface area contributed by atoms with Crippen molar-refractivity contribution in [2.75, 3.05) is 39.3 Å². The number of halogens is 3. The molecule has 3 nitrogen and oxygen atoms in total. The Morgan fingerprint density at radius 3 is 2.33 bits per heavy atom. The van der Waals surface area contributed by atoms with Crippen molar-refractivity contribution in [1.29, 1.82) is 0 Å². The van der Waals surface area contributed by atoms with Gasteiger partial charge in [0.25, 0.3) is 0 Å². The van der Waals surface area contributed by atoms with Crippen molar-refractivity contribution in [1.82, 2.24) is 15.1 Å². The van der Waals surface area contributed by atoms with E-state index >= 15 is 0 Å². The molecule has 0 spiro atoms. The van der Waals surface area contributed by atoms with Gasteiger partial charge in [0.15, 0.2) is 0 Å². The summed E-state index contributed by atoms with van der Waals surface area (Å²) in [6.07, 6.45) is -4.09. The Hall–Kier alpha value is -0.630. The third kappa shape index (κ3) is 5.94. The van der Waals surface area contributed by atoms with Crippen LogP contribution in [0.2, 0.25) is 0 Å². The number of hydrogen-bond acceptors (Lipinski definition) is 4. The molecule has 0 atom stereocenters. The van der Waals surface area contributed by atoms with Gasteiger partial charge in [-0.05, 0) is 18.7 Å². The SMILES string of the molecule is CCNCc1ccc(CN2CCN(CC(F)(F)F)CC2)s1. The van der Waals surface area contributed by atoms with Gasteiger partial charge in [-0.2, -0.15) is 13.2 Å². The van der Waals surface area contributed by atoms with Gasteiger partial charge in [-0.25, -0.2) is 0 Å². The van der Waals surface area contributed by atoms with Crippen LogP contribution in [0.3, 0.4) is 0 Å². The third-order valence-electron chi connectivity index (χ3n) is 3.51. The zero-order valence-electron chi connectivity index (χ0n) is 12.2. The van der Waals surface area contributed by atoms with E-state index in [1.807, 2.05) is 0 Å². The lowest BCUT2D eigenvalue weighted by Gasteiger charge is -2.34. The first-order valence-electron chi connectivity index (χ1n) is 7.26. The molecule has 0 aliphatic carbocycles. The van der Waals surface area contributed by atoms with Crippen molar-refractivity contribution < 1.29 is 13.2 Å². The zero-order valence-corrected chi connectivity index (χ0v) is 13.1.